The van der Waals surface area contributed by atoms with E-state index in [9.17, 15) is 0 Å². The average molecular weight is 227 g/mol. The van der Waals surface area contributed by atoms with Crippen molar-refractivity contribution in [2.24, 2.45) is 5.73 Å². The van der Waals surface area contributed by atoms with E-state index in [2.05, 4.69) is 17.0 Å². The first-order chi connectivity index (χ1) is 8.28. The van der Waals surface area contributed by atoms with Crippen molar-refractivity contribution >= 4 is 5.69 Å². The summed E-state index contributed by atoms with van der Waals surface area (Å²) in [5.41, 5.74) is 8.02. The molecule has 0 radical (unpaired) electrons. The molecule has 3 nitrogen and oxygen atoms in total. The molecule has 3 rings (SSSR count). The molecule has 0 aromatic heterocycles. The van der Waals surface area contributed by atoms with Gasteiger partial charge in [0.05, 0.1) is 11.6 Å². The molecule has 2 saturated heterocycles. The molecule has 0 saturated carbocycles. The molecule has 1 aromatic rings. The maximum Gasteiger partial charge on any atom is 0.0992 e. The van der Waals surface area contributed by atoms with E-state index >= 15 is 0 Å². The van der Waals surface area contributed by atoms with Crippen LogP contribution in [-0.2, 0) is 0 Å². The molecule has 3 heteroatoms. The third kappa shape index (κ3) is 1.79. The van der Waals surface area contributed by atoms with Crippen LogP contribution in [0.1, 0.15) is 31.2 Å². The number of nitrogens with zero attached hydrogens (tertiary/aromatic N) is 2. The molecule has 2 N–H and O–H groups in total. The first-order valence-corrected chi connectivity index (χ1v) is 6.32. The Morgan fingerprint density at radius 3 is 2.59 bits per heavy atom. The zero-order valence-corrected chi connectivity index (χ0v) is 9.84. The van der Waals surface area contributed by atoms with Gasteiger partial charge in [-0.2, -0.15) is 5.26 Å². The van der Waals surface area contributed by atoms with Gasteiger partial charge < -0.3 is 10.6 Å². The molecule has 2 fully saturated rings. The third-order valence-corrected chi connectivity index (χ3v) is 4.04. The number of piperidine rings is 1. The Balaban J connectivity index is 1.92. The fourth-order valence-corrected chi connectivity index (χ4v) is 3.38. The molecule has 17 heavy (non-hydrogen) atoms. The SMILES string of the molecule is N#Cc1cccc(N2C3CCC2CC(N)C3)c1. The van der Waals surface area contributed by atoms with Crippen LogP contribution in [0.25, 0.3) is 0 Å². The number of rotatable bonds is 1. The molecule has 0 amide bonds. The van der Waals surface area contributed by atoms with Crippen molar-refractivity contribution in [2.75, 3.05) is 4.90 Å². The minimum Gasteiger partial charge on any atom is -0.365 e. The van der Waals surface area contributed by atoms with E-state index in [0.717, 1.165) is 18.4 Å². The van der Waals surface area contributed by atoms with Crippen molar-refractivity contribution in [2.45, 2.75) is 43.8 Å². The van der Waals surface area contributed by atoms with Crippen LogP contribution in [0.3, 0.4) is 0 Å². The van der Waals surface area contributed by atoms with Gasteiger partial charge in [0.15, 0.2) is 0 Å². The van der Waals surface area contributed by atoms with E-state index in [1.807, 2.05) is 18.2 Å². The summed E-state index contributed by atoms with van der Waals surface area (Å²) in [5.74, 6) is 0. The normalized spacial score (nSPS) is 31.3. The van der Waals surface area contributed by atoms with Crippen molar-refractivity contribution in [1.82, 2.24) is 0 Å². The number of anilines is 1. The standard InChI is InChI=1S/C14H17N3/c15-9-10-2-1-3-12(6-10)17-13-4-5-14(17)8-11(16)7-13/h1-3,6,11,13-14H,4-5,7-8,16H2. The van der Waals surface area contributed by atoms with E-state index < -0.39 is 0 Å². The second-order valence-electron chi connectivity index (χ2n) is 5.19. The van der Waals surface area contributed by atoms with Crippen molar-refractivity contribution in [3.8, 4) is 6.07 Å². The van der Waals surface area contributed by atoms with Crippen LogP contribution in [0, 0.1) is 11.3 Å². The second kappa shape index (κ2) is 4.05. The summed E-state index contributed by atoms with van der Waals surface area (Å²) in [4.78, 5) is 2.49. The first kappa shape index (κ1) is 10.6. The van der Waals surface area contributed by atoms with Crippen LogP contribution in [0.15, 0.2) is 24.3 Å². The van der Waals surface area contributed by atoms with Crippen LogP contribution in [0.5, 0.6) is 0 Å². The maximum absolute atomic E-state index is 8.96. The van der Waals surface area contributed by atoms with E-state index in [-0.39, 0.29) is 0 Å². The molecule has 1 aromatic carbocycles. The second-order valence-corrected chi connectivity index (χ2v) is 5.19. The molecular formula is C14H17N3. The van der Waals surface area contributed by atoms with Crippen LogP contribution in [0.2, 0.25) is 0 Å². The number of nitriles is 1. The number of hydrogen-bond acceptors (Lipinski definition) is 3. The smallest absolute Gasteiger partial charge is 0.0992 e. The molecule has 0 spiro atoms. The number of benzene rings is 1. The molecular weight excluding hydrogens is 210 g/mol. The Morgan fingerprint density at radius 2 is 1.94 bits per heavy atom. The Morgan fingerprint density at radius 1 is 1.24 bits per heavy atom. The van der Waals surface area contributed by atoms with Gasteiger partial charge in [-0.15, -0.1) is 0 Å². The number of fused-ring (bicyclic) bond motifs is 2. The van der Waals surface area contributed by atoms with Crippen molar-refractivity contribution in [3.63, 3.8) is 0 Å². The molecule has 2 aliphatic heterocycles. The van der Waals surface area contributed by atoms with Gasteiger partial charge in [0.2, 0.25) is 0 Å². The average Bonchev–Trinajstić information content (AvgIpc) is 2.62. The Labute approximate surface area is 102 Å². The predicted molar refractivity (Wildman–Crippen MR) is 67.7 cm³/mol. The highest BCUT2D eigenvalue weighted by Gasteiger charge is 2.39. The first-order valence-electron chi connectivity index (χ1n) is 6.32. The zero-order valence-electron chi connectivity index (χ0n) is 9.84. The number of nitrogens with two attached hydrogens (primary N) is 1. The van der Waals surface area contributed by atoms with Crippen LogP contribution in [0.4, 0.5) is 5.69 Å². The highest BCUT2D eigenvalue weighted by Crippen LogP contribution is 2.38. The molecule has 2 heterocycles. The molecule has 2 unspecified atom stereocenters. The fourth-order valence-electron chi connectivity index (χ4n) is 3.38. The molecule has 2 bridgehead atoms. The highest BCUT2D eigenvalue weighted by molar-refractivity contribution is 5.54. The van der Waals surface area contributed by atoms with Crippen LogP contribution >= 0.6 is 0 Å². The van der Waals surface area contributed by atoms with Crippen LogP contribution < -0.4 is 10.6 Å². The summed E-state index contributed by atoms with van der Waals surface area (Å²) in [7, 11) is 0. The summed E-state index contributed by atoms with van der Waals surface area (Å²) in [6.45, 7) is 0. The Bertz CT molecular complexity index is 449. The summed E-state index contributed by atoms with van der Waals surface area (Å²) in [6.07, 6.45) is 4.67. The largest absolute Gasteiger partial charge is 0.365 e. The van der Waals surface area contributed by atoms with E-state index in [0.29, 0.717) is 18.1 Å². The van der Waals surface area contributed by atoms with Gasteiger partial charge in [-0.25, -0.2) is 0 Å². The summed E-state index contributed by atoms with van der Waals surface area (Å²) >= 11 is 0. The molecule has 0 aliphatic carbocycles. The lowest BCUT2D eigenvalue weighted by atomic mass is 9.97. The van der Waals surface area contributed by atoms with Gasteiger partial charge in [-0.3, -0.25) is 0 Å². The van der Waals surface area contributed by atoms with E-state index in [1.165, 1.54) is 18.5 Å². The fraction of sp³-hybridized carbons (Fsp3) is 0.500. The lowest BCUT2D eigenvalue weighted by Gasteiger charge is -2.39. The van der Waals surface area contributed by atoms with Crippen molar-refractivity contribution in [1.29, 1.82) is 5.26 Å². The highest BCUT2D eigenvalue weighted by atomic mass is 15.2. The van der Waals surface area contributed by atoms with E-state index in [1.54, 1.807) is 0 Å². The summed E-state index contributed by atoms with van der Waals surface area (Å²) in [6, 6.07) is 11.7. The summed E-state index contributed by atoms with van der Waals surface area (Å²) in [5, 5.41) is 8.96. The minimum atomic E-state index is 0.364. The lowest BCUT2D eigenvalue weighted by Crippen LogP contribution is -2.47. The van der Waals surface area contributed by atoms with Gasteiger partial charge in [-0.05, 0) is 43.9 Å². The zero-order chi connectivity index (χ0) is 11.8. The van der Waals surface area contributed by atoms with Crippen LogP contribution in [-0.4, -0.2) is 18.1 Å². The Kier molecular flexibility index (Phi) is 2.53. The minimum absolute atomic E-state index is 0.364. The van der Waals surface area contributed by atoms with Gasteiger partial charge in [0.25, 0.3) is 0 Å². The maximum atomic E-state index is 8.96. The lowest BCUT2D eigenvalue weighted by molar-refractivity contribution is 0.414. The van der Waals surface area contributed by atoms with Gasteiger partial charge in [-0.1, -0.05) is 6.07 Å². The van der Waals surface area contributed by atoms with Gasteiger partial charge in [0.1, 0.15) is 0 Å². The van der Waals surface area contributed by atoms with Crippen molar-refractivity contribution < 1.29 is 0 Å². The topological polar surface area (TPSA) is 53.0 Å². The Hall–Kier alpha value is -1.53. The molecule has 2 aliphatic rings. The summed E-state index contributed by atoms with van der Waals surface area (Å²) < 4.78 is 0. The van der Waals surface area contributed by atoms with Crippen molar-refractivity contribution in [3.05, 3.63) is 29.8 Å². The quantitative estimate of drug-likeness (QED) is 0.798. The molecule has 88 valence electrons. The predicted octanol–water partition coefficient (Wildman–Crippen LogP) is 2.02. The van der Waals surface area contributed by atoms with Gasteiger partial charge >= 0.3 is 0 Å². The monoisotopic (exact) mass is 227 g/mol. The van der Waals surface area contributed by atoms with E-state index in [4.69, 9.17) is 11.0 Å². The molecule has 2 atom stereocenters. The number of hydrogen-bond donors (Lipinski definition) is 1. The van der Waals surface area contributed by atoms with Gasteiger partial charge in [0, 0.05) is 23.8 Å². The third-order valence-electron chi connectivity index (χ3n) is 4.04.